The Morgan fingerprint density at radius 3 is 2.68 bits per heavy atom. The van der Waals surface area contributed by atoms with Crippen molar-refractivity contribution in [2.24, 2.45) is 5.41 Å². The lowest BCUT2D eigenvalue weighted by atomic mass is 9.76. The molecule has 1 fully saturated rings. The molecule has 0 unspecified atom stereocenters. The minimum atomic E-state index is -0.632. The molecule has 1 aliphatic heterocycles. The first-order chi connectivity index (χ1) is 9.07. The minimum absolute atomic E-state index is 0.500. The number of likely N-dealkylation sites (tertiary alicyclic amines) is 1. The summed E-state index contributed by atoms with van der Waals surface area (Å²) < 4.78 is 0. The smallest absolute Gasteiger partial charge is 0.309 e. The second-order valence-electron chi connectivity index (χ2n) is 5.52. The number of carbonyl (C=O) groups is 1. The number of hydrogen-bond donors (Lipinski definition) is 1. The van der Waals surface area contributed by atoms with Crippen molar-refractivity contribution in [3.63, 3.8) is 0 Å². The zero-order valence-electron chi connectivity index (χ0n) is 11.7. The maximum absolute atomic E-state index is 11.4. The van der Waals surface area contributed by atoms with Gasteiger partial charge in [0, 0.05) is 18.9 Å². The third-order valence-corrected chi connectivity index (χ3v) is 4.49. The summed E-state index contributed by atoms with van der Waals surface area (Å²) in [6, 6.07) is 2.02. The Balaban J connectivity index is 1.97. The molecular formula is C15H22N2O2. The zero-order valence-corrected chi connectivity index (χ0v) is 11.7. The molecule has 1 aliphatic rings. The van der Waals surface area contributed by atoms with Gasteiger partial charge in [0.1, 0.15) is 0 Å². The van der Waals surface area contributed by atoms with Crippen LogP contribution in [0.5, 0.6) is 0 Å². The number of nitrogens with zero attached hydrogens (tertiary/aromatic N) is 2. The van der Waals surface area contributed by atoms with E-state index >= 15 is 0 Å². The van der Waals surface area contributed by atoms with Gasteiger partial charge in [0.2, 0.25) is 0 Å². The Labute approximate surface area is 114 Å². The van der Waals surface area contributed by atoms with Gasteiger partial charge in [0.15, 0.2) is 0 Å². The summed E-state index contributed by atoms with van der Waals surface area (Å²) in [5, 5.41) is 9.38. The van der Waals surface area contributed by atoms with Gasteiger partial charge in [-0.15, -0.1) is 0 Å². The Bertz CT molecular complexity index is 451. The molecular weight excluding hydrogens is 240 g/mol. The van der Waals surface area contributed by atoms with Crippen LogP contribution in [-0.2, 0) is 11.3 Å². The van der Waals surface area contributed by atoms with Crippen molar-refractivity contribution in [2.75, 3.05) is 13.1 Å². The molecule has 0 aromatic carbocycles. The van der Waals surface area contributed by atoms with Gasteiger partial charge in [-0.3, -0.25) is 14.7 Å². The quantitative estimate of drug-likeness (QED) is 0.905. The summed E-state index contributed by atoms with van der Waals surface area (Å²) in [6.45, 7) is 6.66. The third-order valence-electron chi connectivity index (χ3n) is 4.49. The van der Waals surface area contributed by atoms with E-state index in [1.165, 1.54) is 11.1 Å². The molecule has 1 saturated heterocycles. The molecule has 0 saturated carbocycles. The molecule has 0 amide bonds. The summed E-state index contributed by atoms with van der Waals surface area (Å²) in [6.07, 6.45) is 5.94. The fraction of sp³-hybridized carbons (Fsp3) is 0.600. The van der Waals surface area contributed by atoms with Crippen molar-refractivity contribution >= 4 is 5.97 Å². The first-order valence-electron chi connectivity index (χ1n) is 6.92. The number of carboxylic acids is 1. The molecule has 4 heteroatoms. The molecule has 19 heavy (non-hydrogen) atoms. The van der Waals surface area contributed by atoms with Gasteiger partial charge in [-0.2, -0.15) is 0 Å². The second kappa shape index (κ2) is 5.70. The molecule has 1 aromatic heterocycles. The lowest BCUT2D eigenvalue weighted by molar-refractivity contribution is -0.152. The maximum atomic E-state index is 11.4. The number of aromatic nitrogens is 1. The van der Waals surface area contributed by atoms with Gasteiger partial charge in [-0.25, -0.2) is 0 Å². The Hall–Kier alpha value is -1.42. The molecule has 0 aliphatic carbocycles. The van der Waals surface area contributed by atoms with Crippen molar-refractivity contribution < 1.29 is 9.90 Å². The number of aliphatic carboxylic acids is 1. The summed E-state index contributed by atoms with van der Waals surface area (Å²) in [4.78, 5) is 17.9. The highest BCUT2D eigenvalue weighted by Crippen LogP contribution is 2.35. The molecule has 104 valence electrons. The first-order valence-corrected chi connectivity index (χ1v) is 6.92. The highest BCUT2D eigenvalue weighted by Gasteiger charge is 2.39. The number of carboxylic acid groups (broad SMARTS) is 1. The highest BCUT2D eigenvalue weighted by molar-refractivity contribution is 5.74. The lowest BCUT2D eigenvalue weighted by Gasteiger charge is -2.38. The van der Waals surface area contributed by atoms with Crippen LogP contribution in [0.1, 0.15) is 37.3 Å². The van der Waals surface area contributed by atoms with E-state index in [0.717, 1.165) is 38.9 Å². The van der Waals surface area contributed by atoms with Crippen LogP contribution in [-0.4, -0.2) is 34.0 Å². The molecule has 0 atom stereocenters. The Morgan fingerprint density at radius 1 is 1.47 bits per heavy atom. The molecule has 0 radical (unpaired) electrons. The van der Waals surface area contributed by atoms with Crippen molar-refractivity contribution in [3.05, 3.63) is 29.6 Å². The fourth-order valence-corrected chi connectivity index (χ4v) is 2.76. The standard InChI is InChI=1S/C15H22N2O2/c1-3-15(14(18)19)5-8-17(9-6-15)11-13-10-16-7-4-12(13)2/h4,7,10H,3,5-6,8-9,11H2,1-2H3,(H,18,19). The van der Waals surface area contributed by atoms with Crippen molar-refractivity contribution in [3.8, 4) is 0 Å². The molecule has 4 nitrogen and oxygen atoms in total. The van der Waals surface area contributed by atoms with Crippen LogP contribution >= 0.6 is 0 Å². The van der Waals surface area contributed by atoms with Crippen LogP contribution in [0.3, 0.4) is 0 Å². The molecule has 0 spiro atoms. The van der Waals surface area contributed by atoms with E-state index in [1.807, 2.05) is 25.4 Å². The number of piperidine rings is 1. The first kappa shape index (κ1) is 14.0. The van der Waals surface area contributed by atoms with E-state index in [2.05, 4.69) is 16.8 Å². The summed E-state index contributed by atoms with van der Waals surface area (Å²) >= 11 is 0. The van der Waals surface area contributed by atoms with E-state index in [1.54, 1.807) is 0 Å². The van der Waals surface area contributed by atoms with Gasteiger partial charge < -0.3 is 5.11 Å². The topological polar surface area (TPSA) is 53.4 Å². The molecule has 2 rings (SSSR count). The minimum Gasteiger partial charge on any atom is -0.481 e. The van der Waals surface area contributed by atoms with Gasteiger partial charge in [-0.1, -0.05) is 6.92 Å². The second-order valence-corrected chi connectivity index (χ2v) is 5.52. The normalized spacial score (nSPS) is 19.3. The summed E-state index contributed by atoms with van der Waals surface area (Å²) in [7, 11) is 0. The average molecular weight is 262 g/mol. The van der Waals surface area contributed by atoms with Crippen LogP contribution in [0.25, 0.3) is 0 Å². The van der Waals surface area contributed by atoms with Crippen LogP contribution in [0.15, 0.2) is 18.5 Å². The molecule has 1 N–H and O–H groups in total. The largest absolute Gasteiger partial charge is 0.481 e. The summed E-state index contributed by atoms with van der Waals surface area (Å²) in [5.41, 5.74) is 1.99. The Morgan fingerprint density at radius 2 is 2.16 bits per heavy atom. The highest BCUT2D eigenvalue weighted by atomic mass is 16.4. The van der Waals surface area contributed by atoms with Gasteiger partial charge in [0.05, 0.1) is 5.41 Å². The number of aryl methyl sites for hydroxylation is 1. The molecule has 0 bridgehead atoms. The van der Waals surface area contributed by atoms with E-state index in [9.17, 15) is 9.90 Å². The predicted octanol–water partition coefficient (Wildman–Crippen LogP) is 2.47. The van der Waals surface area contributed by atoms with E-state index in [4.69, 9.17) is 0 Å². The maximum Gasteiger partial charge on any atom is 0.309 e. The van der Waals surface area contributed by atoms with Crippen molar-refractivity contribution in [1.29, 1.82) is 0 Å². The lowest BCUT2D eigenvalue weighted by Crippen LogP contribution is -2.43. The van der Waals surface area contributed by atoms with Crippen LogP contribution < -0.4 is 0 Å². The Kier molecular flexibility index (Phi) is 4.20. The molecule has 1 aromatic rings. The average Bonchev–Trinajstić information content (AvgIpc) is 2.42. The molecule has 2 heterocycles. The summed E-state index contributed by atoms with van der Waals surface area (Å²) in [5.74, 6) is -0.632. The van der Waals surface area contributed by atoms with Gasteiger partial charge in [-0.05, 0) is 56.5 Å². The van der Waals surface area contributed by atoms with Crippen LogP contribution in [0, 0.1) is 12.3 Å². The van der Waals surface area contributed by atoms with Crippen molar-refractivity contribution in [2.45, 2.75) is 39.7 Å². The third kappa shape index (κ3) is 2.95. The van der Waals surface area contributed by atoms with E-state index < -0.39 is 11.4 Å². The van der Waals surface area contributed by atoms with E-state index in [-0.39, 0.29) is 0 Å². The predicted molar refractivity (Wildman–Crippen MR) is 73.8 cm³/mol. The number of rotatable bonds is 4. The zero-order chi connectivity index (χ0) is 13.9. The number of hydrogen-bond acceptors (Lipinski definition) is 3. The number of pyridine rings is 1. The van der Waals surface area contributed by atoms with E-state index in [0.29, 0.717) is 0 Å². The monoisotopic (exact) mass is 262 g/mol. The fourth-order valence-electron chi connectivity index (χ4n) is 2.76. The van der Waals surface area contributed by atoms with Crippen LogP contribution in [0.2, 0.25) is 0 Å². The van der Waals surface area contributed by atoms with Gasteiger partial charge in [0.25, 0.3) is 0 Å². The van der Waals surface area contributed by atoms with Gasteiger partial charge >= 0.3 is 5.97 Å². The van der Waals surface area contributed by atoms with Crippen molar-refractivity contribution in [1.82, 2.24) is 9.88 Å². The SMILES string of the molecule is CCC1(C(=O)O)CCN(Cc2cnccc2C)CC1. The van der Waals surface area contributed by atoms with Crippen LogP contribution in [0.4, 0.5) is 0 Å².